The lowest BCUT2D eigenvalue weighted by atomic mass is 9.85. The first kappa shape index (κ1) is 27.4. The van der Waals surface area contributed by atoms with Crippen LogP contribution in [0.15, 0.2) is 16.6 Å². The van der Waals surface area contributed by atoms with Crippen molar-refractivity contribution >= 4 is 60.7 Å². The van der Waals surface area contributed by atoms with E-state index >= 15 is 0 Å². The number of allylic oxidation sites excluding steroid dienone is 1. The van der Waals surface area contributed by atoms with Crippen LogP contribution in [0.25, 0.3) is 0 Å². The molecule has 0 bridgehead atoms. The zero-order chi connectivity index (χ0) is 18.9. The fourth-order valence-corrected chi connectivity index (χ4v) is 2.29. The fourth-order valence-electron chi connectivity index (χ4n) is 2.22. The molecule has 27 heavy (non-hydrogen) atoms. The van der Waals surface area contributed by atoms with Crippen LogP contribution < -0.4 is 11.1 Å². The van der Waals surface area contributed by atoms with E-state index in [0.717, 1.165) is 0 Å². The second kappa shape index (κ2) is 13.4. The number of nitrogens with two attached hydrogens (primary N) is 1. The van der Waals surface area contributed by atoms with Gasteiger partial charge < -0.3 is 30.0 Å². The van der Waals surface area contributed by atoms with E-state index in [0.29, 0.717) is 5.57 Å². The van der Waals surface area contributed by atoms with Crippen LogP contribution in [-0.4, -0.2) is 61.6 Å². The summed E-state index contributed by atoms with van der Waals surface area (Å²) in [5, 5.41) is 2.79. The number of nitrogens with zero attached hydrogens (tertiary/aromatic N) is 1. The highest BCUT2D eigenvalue weighted by Gasteiger charge is 2.46. The van der Waals surface area contributed by atoms with Gasteiger partial charge in [-0.15, -0.1) is 24.8 Å². The quantitative estimate of drug-likeness (QED) is 0.447. The number of nitrogens with one attached hydrogen (secondary N) is 1. The summed E-state index contributed by atoms with van der Waals surface area (Å²) in [5.41, 5.74) is 4.70. The predicted molar refractivity (Wildman–Crippen MR) is 109 cm³/mol. The number of carbonyl (C=O) groups excluding carboxylic acids is 2. The second-order valence-electron chi connectivity index (χ2n) is 5.03. The molecule has 0 aromatic rings. The van der Waals surface area contributed by atoms with Gasteiger partial charge in [0.25, 0.3) is 0 Å². The second-order valence-corrected chi connectivity index (χ2v) is 5.47. The van der Waals surface area contributed by atoms with E-state index in [-0.39, 0.29) is 56.3 Å². The number of hydrogen-bond acceptors (Lipinski definition) is 8. The lowest BCUT2D eigenvalue weighted by molar-refractivity contribution is -0.0288. The van der Waals surface area contributed by atoms with Crippen molar-refractivity contribution in [3.8, 4) is 0 Å². The molecule has 2 unspecified atom stereocenters. The Labute approximate surface area is 175 Å². The third-order valence-electron chi connectivity index (χ3n) is 3.46. The molecule has 2 atom stereocenters. The van der Waals surface area contributed by atoms with Crippen LogP contribution in [0.1, 0.15) is 20.8 Å². The first-order valence-electron chi connectivity index (χ1n) is 7.77. The Kier molecular flexibility index (Phi) is 13.6. The van der Waals surface area contributed by atoms with Crippen molar-refractivity contribution in [1.82, 2.24) is 5.32 Å². The highest BCUT2D eigenvalue weighted by Crippen LogP contribution is 2.31. The molecule has 0 aromatic heterocycles. The molecule has 0 saturated heterocycles. The minimum atomic E-state index is -1.28. The van der Waals surface area contributed by atoms with Crippen LogP contribution in [-0.2, 0) is 18.9 Å². The summed E-state index contributed by atoms with van der Waals surface area (Å²) >= 11 is 4.83. The molecule has 1 aliphatic heterocycles. The Morgan fingerprint density at radius 2 is 1.81 bits per heavy atom. The molecule has 156 valence electrons. The third kappa shape index (κ3) is 8.19. The van der Waals surface area contributed by atoms with Gasteiger partial charge in [0, 0.05) is 11.8 Å². The maximum absolute atomic E-state index is 11.9. The molecule has 0 spiro atoms. The Bertz CT molecular complexity index is 576. The topological polar surface area (TPSA) is 121 Å². The number of halogens is 2. The van der Waals surface area contributed by atoms with Crippen LogP contribution in [0, 0.1) is 0 Å². The summed E-state index contributed by atoms with van der Waals surface area (Å²) < 4.78 is 20.2. The molecule has 12 heteroatoms. The molecule has 1 rings (SSSR count). The van der Waals surface area contributed by atoms with Gasteiger partial charge in [0.2, 0.25) is 0 Å². The van der Waals surface area contributed by atoms with E-state index in [2.05, 4.69) is 10.3 Å². The summed E-state index contributed by atoms with van der Waals surface area (Å²) in [5.74, 6) is 0. The van der Waals surface area contributed by atoms with Crippen molar-refractivity contribution in [2.75, 3.05) is 26.4 Å². The highest BCUT2D eigenvalue weighted by molar-refractivity contribution is 7.80. The standard InChI is InChI=1S/C15H23N3O6S.2ClH/c1-4-21-13(19)23-8-11-6-7-17-10(3)15(11,9-18-12(16)25)24-14(20)22-5-2;;/h6-7,10H,4-5,8-9H2,1-3H3,(H3,16,18,25);2*1H. The van der Waals surface area contributed by atoms with Gasteiger partial charge in [0.15, 0.2) is 10.7 Å². The maximum Gasteiger partial charge on any atom is 0.509 e. The summed E-state index contributed by atoms with van der Waals surface area (Å²) in [6, 6.07) is -0.496. The molecule has 0 amide bonds. The maximum atomic E-state index is 11.9. The largest absolute Gasteiger partial charge is 0.509 e. The van der Waals surface area contributed by atoms with E-state index < -0.39 is 24.0 Å². The number of hydrogen-bond donors (Lipinski definition) is 2. The number of aliphatic imine (C=N–C) groups is 1. The Hall–Kier alpha value is -1.78. The van der Waals surface area contributed by atoms with E-state index in [1.165, 1.54) is 0 Å². The molecular weight excluding hydrogens is 421 g/mol. The van der Waals surface area contributed by atoms with Gasteiger partial charge in [-0.3, -0.25) is 4.99 Å². The minimum absolute atomic E-state index is 0. The van der Waals surface area contributed by atoms with Crippen molar-refractivity contribution < 1.29 is 28.5 Å². The number of carbonyl (C=O) groups is 2. The van der Waals surface area contributed by atoms with Crippen molar-refractivity contribution in [3.63, 3.8) is 0 Å². The van der Waals surface area contributed by atoms with Gasteiger partial charge in [-0.25, -0.2) is 9.59 Å². The number of ether oxygens (including phenoxy) is 4. The van der Waals surface area contributed by atoms with Gasteiger partial charge in [0.05, 0.1) is 25.8 Å². The summed E-state index contributed by atoms with van der Waals surface area (Å²) in [6.07, 6.45) is 1.44. The van der Waals surface area contributed by atoms with E-state index in [9.17, 15) is 9.59 Å². The molecule has 1 aliphatic rings. The van der Waals surface area contributed by atoms with Crippen LogP contribution >= 0.6 is 37.0 Å². The predicted octanol–water partition coefficient (Wildman–Crippen LogP) is 2.15. The summed E-state index contributed by atoms with van der Waals surface area (Å²) in [6.45, 7) is 5.27. The molecule has 9 nitrogen and oxygen atoms in total. The average Bonchev–Trinajstić information content (AvgIpc) is 2.54. The smallest absolute Gasteiger partial charge is 0.435 e. The van der Waals surface area contributed by atoms with Crippen LogP contribution in [0.4, 0.5) is 9.59 Å². The first-order chi connectivity index (χ1) is 11.9. The SMILES string of the molecule is CCOC(=O)OCC1=CC=NC(C)C1(CNC(N)=S)OC(=O)OCC.Cl.Cl. The first-order valence-corrected chi connectivity index (χ1v) is 8.18. The highest BCUT2D eigenvalue weighted by atomic mass is 35.5. The van der Waals surface area contributed by atoms with Crippen LogP contribution in [0.5, 0.6) is 0 Å². The van der Waals surface area contributed by atoms with E-state index in [1.54, 1.807) is 33.1 Å². The normalized spacial score (nSPS) is 20.1. The molecular formula is C15H25Cl2N3O6S. The van der Waals surface area contributed by atoms with Crippen molar-refractivity contribution in [2.24, 2.45) is 10.7 Å². The summed E-state index contributed by atoms with van der Waals surface area (Å²) in [7, 11) is 0. The monoisotopic (exact) mass is 445 g/mol. The van der Waals surface area contributed by atoms with Gasteiger partial charge >= 0.3 is 12.3 Å². The number of thiocarbonyl (C=S) groups is 1. The molecule has 0 saturated carbocycles. The molecule has 3 N–H and O–H groups in total. The molecule has 1 heterocycles. The fraction of sp³-hybridized carbons (Fsp3) is 0.600. The van der Waals surface area contributed by atoms with Gasteiger partial charge in [0.1, 0.15) is 6.61 Å². The summed E-state index contributed by atoms with van der Waals surface area (Å²) in [4.78, 5) is 27.7. The number of rotatable bonds is 7. The zero-order valence-electron chi connectivity index (χ0n) is 15.3. The van der Waals surface area contributed by atoms with Crippen LogP contribution in [0.2, 0.25) is 0 Å². The molecule has 0 radical (unpaired) electrons. The zero-order valence-corrected chi connectivity index (χ0v) is 17.7. The molecule has 0 aliphatic carbocycles. The lowest BCUT2D eigenvalue weighted by Gasteiger charge is -2.39. The van der Waals surface area contributed by atoms with Gasteiger partial charge in [-0.05, 0) is 39.1 Å². The van der Waals surface area contributed by atoms with Gasteiger partial charge in [-0.1, -0.05) is 0 Å². The third-order valence-corrected chi connectivity index (χ3v) is 3.61. The van der Waals surface area contributed by atoms with Gasteiger partial charge in [-0.2, -0.15) is 0 Å². The minimum Gasteiger partial charge on any atom is -0.435 e. The van der Waals surface area contributed by atoms with Crippen LogP contribution in [0.3, 0.4) is 0 Å². The molecule has 0 fully saturated rings. The van der Waals surface area contributed by atoms with Crippen molar-refractivity contribution in [1.29, 1.82) is 0 Å². The Morgan fingerprint density at radius 3 is 2.37 bits per heavy atom. The Morgan fingerprint density at radius 1 is 1.22 bits per heavy atom. The average molecular weight is 446 g/mol. The lowest BCUT2D eigenvalue weighted by Crippen LogP contribution is -2.56. The van der Waals surface area contributed by atoms with Crippen molar-refractivity contribution in [3.05, 3.63) is 11.6 Å². The van der Waals surface area contributed by atoms with Crippen molar-refractivity contribution in [2.45, 2.75) is 32.4 Å². The van der Waals surface area contributed by atoms with E-state index in [4.69, 9.17) is 36.9 Å². The Balaban J connectivity index is 0. The number of dihydropyridines is 1. The van der Waals surface area contributed by atoms with E-state index in [1.807, 2.05) is 0 Å². The molecule has 0 aromatic carbocycles.